The molecule has 1 saturated heterocycles. The highest BCUT2D eigenvalue weighted by Gasteiger charge is 2.32. The fraction of sp³-hybridized carbons (Fsp3) is 0.167. The fourth-order valence-electron chi connectivity index (χ4n) is 4.72. The Hall–Kier alpha value is -4.78. The largest absolute Gasteiger partial charge is 0.478 e. The number of carboxylic acids is 1. The molecule has 4 aromatic rings. The summed E-state index contributed by atoms with van der Waals surface area (Å²) < 4.78 is 0. The second kappa shape index (κ2) is 11.5. The zero-order valence-corrected chi connectivity index (χ0v) is 22.0. The lowest BCUT2D eigenvalue weighted by atomic mass is 10.00. The molecule has 0 aliphatic carbocycles. The molecule has 4 N–H and O–H groups in total. The van der Waals surface area contributed by atoms with Crippen LogP contribution in [-0.4, -0.2) is 50.3 Å². The number of hydrogen-bond acceptors (Lipinski definition) is 6. The van der Waals surface area contributed by atoms with Gasteiger partial charge >= 0.3 is 5.97 Å². The Bertz CT molecular complexity index is 1690. The number of hydrazine groups is 1. The van der Waals surface area contributed by atoms with Gasteiger partial charge in [0.25, 0.3) is 11.8 Å². The number of amides is 2. The second-order valence-corrected chi connectivity index (χ2v) is 9.70. The van der Waals surface area contributed by atoms with Crippen molar-refractivity contribution in [2.45, 2.75) is 25.3 Å². The molecule has 3 heterocycles. The van der Waals surface area contributed by atoms with Crippen LogP contribution >= 0.6 is 11.6 Å². The molecule has 9 nitrogen and oxygen atoms in total. The van der Waals surface area contributed by atoms with E-state index in [1.807, 2.05) is 24.3 Å². The van der Waals surface area contributed by atoms with Crippen LogP contribution in [0.1, 0.15) is 51.1 Å². The molecule has 5 rings (SSSR count). The van der Waals surface area contributed by atoms with Gasteiger partial charge < -0.3 is 10.0 Å². The lowest BCUT2D eigenvalue weighted by Gasteiger charge is -2.34. The highest BCUT2D eigenvalue weighted by molar-refractivity contribution is 6.32. The third-order valence-corrected chi connectivity index (χ3v) is 7.10. The Labute approximate surface area is 235 Å². The van der Waals surface area contributed by atoms with Crippen molar-refractivity contribution in [3.63, 3.8) is 0 Å². The van der Waals surface area contributed by atoms with Crippen molar-refractivity contribution >= 4 is 40.3 Å². The number of rotatable bonds is 4. The normalized spacial score (nSPS) is 14.8. The van der Waals surface area contributed by atoms with Crippen LogP contribution in [0.25, 0.3) is 22.2 Å². The molecule has 0 bridgehead atoms. The molecule has 1 atom stereocenters. The zero-order chi connectivity index (χ0) is 28.2. The predicted octanol–water partition coefficient (Wildman–Crippen LogP) is 4.03. The van der Waals surface area contributed by atoms with E-state index < -0.39 is 12.0 Å². The molecule has 10 heteroatoms. The molecular formula is C30H24ClN5O4. The maximum Gasteiger partial charge on any atom is 0.336 e. The van der Waals surface area contributed by atoms with Gasteiger partial charge in [-0.1, -0.05) is 35.6 Å². The molecular weight excluding hydrogens is 530 g/mol. The van der Waals surface area contributed by atoms with Crippen molar-refractivity contribution < 1.29 is 19.5 Å². The van der Waals surface area contributed by atoms with Crippen molar-refractivity contribution in [1.29, 1.82) is 0 Å². The van der Waals surface area contributed by atoms with Crippen molar-refractivity contribution in [3.05, 3.63) is 94.3 Å². The number of fused-ring (bicyclic) bond motifs is 1. The van der Waals surface area contributed by atoms with E-state index in [1.54, 1.807) is 30.5 Å². The van der Waals surface area contributed by atoms with Crippen molar-refractivity contribution in [1.82, 2.24) is 20.3 Å². The molecule has 1 unspecified atom stereocenters. The fourth-order valence-corrected chi connectivity index (χ4v) is 4.94. The number of benzene rings is 2. The van der Waals surface area contributed by atoms with E-state index in [1.165, 1.54) is 17.2 Å². The minimum atomic E-state index is -1.05. The molecule has 0 radical (unpaired) electrons. The molecule has 200 valence electrons. The van der Waals surface area contributed by atoms with Gasteiger partial charge in [-0.2, -0.15) is 0 Å². The monoisotopic (exact) mass is 553 g/mol. The summed E-state index contributed by atoms with van der Waals surface area (Å²) in [5, 5.41) is 10.4. The number of aromatic carboxylic acids is 1. The van der Waals surface area contributed by atoms with Gasteiger partial charge in [0.05, 0.1) is 21.8 Å². The number of aromatic nitrogens is 2. The van der Waals surface area contributed by atoms with Crippen LogP contribution in [0.4, 0.5) is 0 Å². The van der Waals surface area contributed by atoms with E-state index in [-0.39, 0.29) is 17.4 Å². The smallest absolute Gasteiger partial charge is 0.336 e. The van der Waals surface area contributed by atoms with Gasteiger partial charge in [0.1, 0.15) is 6.04 Å². The Kier molecular flexibility index (Phi) is 7.73. The molecule has 0 saturated carbocycles. The first-order chi connectivity index (χ1) is 19.4. The van der Waals surface area contributed by atoms with Crippen LogP contribution in [0.15, 0.2) is 67.0 Å². The Morgan fingerprint density at radius 3 is 2.58 bits per heavy atom. The number of carbonyl (C=O) groups is 3. The number of piperidine rings is 1. The number of nitrogens with two attached hydrogens (primary N) is 1. The minimum absolute atomic E-state index is 0.131. The zero-order valence-electron chi connectivity index (χ0n) is 21.2. The number of carboxylic acid groups (broad SMARTS) is 1. The minimum Gasteiger partial charge on any atom is -0.478 e. The van der Waals surface area contributed by atoms with E-state index in [2.05, 4.69) is 27.2 Å². The number of nitrogens with one attached hydrogen (secondary N) is 1. The van der Waals surface area contributed by atoms with Crippen molar-refractivity contribution in [3.8, 4) is 23.1 Å². The van der Waals surface area contributed by atoms with E-state index in [0.29, 0.717) is 51.3 Å². The lowest BCUT2D eigenvalue weighted by Crippen LogP contribution is -2.53. The number of hydrogen-bond donors (Lipinski definition) is 3. The average molecular weight is 554 g/mol. The first kappa shape index (κ1) is 26.8. The Morgan fingerprint density at radius 2 is 1.85 bits per heavy atom. The van der Waals surface area contributed by atoms with Crippen molar-refractivity contribution in [2.75, 3.05) is 6.54 Å². The molecule has 2 aromatic heterocycles. The van der Waals surface area contributed by atoms with Crippen molar-refractivity contribution in [2.24, 2.45) is 5.84 Å². The summed E-state index contributed by atoms with van der Waals surface area (Å²) in [6.45, 7) is 0.468. The van der Waals surface area contributed by atoms with Crippen LogP contribution in [0.5, 0.6) is 0 Å². The first-order valence-electron chi connectivity index (χ1n) is 12.6. The van der Waals surface area contributed by atoms with E-state index in [0.717, 1.165) is 18.4 Å². The molecule has 1 aliphatic rings. The topological polar surface area (TPSA) is 139 Å². The Morgan fingerprint density at radius 1 is 1.05 bits per heavy atom. The molecule has 2 aromatic carbocycles. The summed E-state index contributed by atoms with van der Waals surface area (Å²) in [5.41, 5.74) is 5.73. The summed E-state index contributed by atoms with van der Waals surface area (Å²) in [6.07, 6.45) is 5.28. The average Bonchev–Trinajstić information content (AvgIpc) is 2.99. The van der Waals surface area contributed by atoms with Crippen LogP contribution in [0.2, 0.25) is 5.02 Å². The number of halogens is 1. The quantitative estimate of drug-likeness (QED) is 0.150. The maximum absolute atomic E-state index is 13.1. The number of likely N-dealkylation sites (tertiary alicyclic amines) is 1. The van der Waals surface area contributed by atoms with Gasteiger partial charge in [0.15, 0.2) is 0 Å². The number of carbonyl (C=O) groups excluding carboxylic acids is 2. The molecule has 40 heavy (non-hydrogen) atoms. The van der Waals surface area contributed by atoms with Gasteiger partial charge in [0.2, 0.25) is 0 Å². The molecule has 2 amide bonds. The van der Waals surface area contributed by atoms with Crippen LogP contribution in [0.3, 0.4) is 0 Å². The third-order valence-electron chi connectivity index (χ3n) is 6.79. The summed E-state index contributed by atoms with van der Waals surface area (Å²) in [6, 6.07) is 14.8. The standard InChI is InChI=1S/C30H24ClN5O4/c31-24-15-21(29(38)36-14-2-1-3-27(36)28(37)35-32)11-10-19(24)7-4-18-5-8-20(9-6-18)26-16-22(30(39)40)23-17-33-13-12-25(23)34-26/h5-6,8-13,15-17,27H,1-3,14,32H2,(H,35,37)(H,39,40). The van der Waals surface area contributed by atoms with E-state index in [9.17, 15) is 19.5 Å². The third kappa shape index (κ3) is 5.50. The highest BCUT2D eigenvalue weighted by Crippen LogP contribution is 2.26. The molecule has 1 fully saturated rings. The summed E-state index contributed by atoms with van der Waals surface area (Å²) in [4.78, 5) is 47.2. The number of nitrogens with zero attached hydrogens (tertiary/aromatic N) is 3. The predicted molar refractivity (Wildman–Crippen MR) is 150 cm³/mol. The second-order valence-electron chi connectivity index (χ2n) is 9.29. The summed E-state index contributed by atoms with van der Waals surface area (Å²) >= 11 is 6.46. The van der Waals surface area contributed by atoms with Crippen LogP contribution < -0.4 is 11.3 Å². The summed E-state index contributed by atoms with van der Waals surface area (Å²) in [5.74, 6) is 9.68. The van der Waals surface area contributed by atoms with E-state index in [4.69, 9.17) is 17.4 Å². The lowest BCUT2D eigenvalue weighted by molar-refractivity contribution is -0.126. The van der Waals surface area contributed by atoms with Crippen LogP contribution in [-0.2, 0) is 4.79 Å². The van der Waals surface area contributed by atoms with Gasteiger partial charge in [-0.05, 0) is 61.7 Å². The molecule has 1 aliphatic heterocycles. The Balaban J connectivity index is 1.35. The maximum atomic E-state index is 13.1. The first-order valence-corrected chi connectivity index (χ1v) is 12.9. The van der Waals surface area contributed by atoms with Gasteiger partial charge in [-0.15, -0.1) is 0 Å². The summed E-state index contributed by atoms with van der Waals surface area (Å²) in [7, 11) is 0. The van der Waals surface area contributed by atoms with Gasteiger partial charge in [-0.25, -0.2) is 15.6 Å². The van der Waals surface area contributed by atoms with E-state index >= 15 is 0 Å². The highest BCUT2D eigenvalue weighted by atomic mass is 35.5. The molecule has 0 spiro atoms. The number of pyridine rings is 2. The SMILES string of the molecule is NNC(=O)C1CCCCN1C(=O)c1ccc(C#Cc2ccc(-c3cc(C(=O)O)c4cnccc4n3)cc2)c(Cl)c1. The van der Waals surface area contributed by atoms with Crippen LogP contribution in [0, 0.1) is 11.8 Å². The van der Waals surface area contributed by atoms with Gasteiger partial charge in [0, 0.05) is 46.6 Å². The van der Waals surface area contributed by atoms with Gasteiger partial charge in [-0.3, -0.25) is 20.0 Å².